The normalized spacial score (nSPS) is 26.0. The smallest absolute Gasteiger partial charge is 0.394 e. The number of nitrogens with zero attached hydrogens (tertiary/aromatic N) is 5. The van der Waals surface area contributed by atoms with Crippen LogP contribution in [0.25, 0.3) is 10.7 Å². The number of thiazole rings is 1. The predicted molar refractivity (Wildman–Crippen MR) is 118 cm³/mol. The van der Waals surface area contributed by atoms with E-state index >= 15 is 0 Å². The Morgan fingerprint density at radius 2 is 2.00 bits per heavy atom. The Morgan fingerprint density at radius 1 is 1.24 bits per heavy atom. The third-order valence-corrected chi connectivity index (χ3v) is 7.99. The molecule has 1 saturated heterocycles. The van der Waals surface area contributed by atoms with Crippen LogP contribution in [-0.2, 0) is 10.9 Å². The van der Waals surface area contributed by atoms with Crippen molar-refractivity contribution in [3.63, 3.8) is 0 Å². The Kier molecular flexibility index (Phi) is 7.45. The quantitative estimate of drug-likeness (QED) is 0.389. The van der Waals surface area contributed by atoms with Gasteiger partial charge in [0.1, 0.15) is 45.1 Å². The molecule has 5 atom stereocenters. The molecule has 178 valence electrons. The molecule has 0 saturated carbocycles. The van der Waals surface area contributed by atoms with Gasteiger partial charge in [0.05, 0.1) is 12.8 Å². The summed E-state index contributed by atoms with van der Waals surface area (Å²) in [4.78, 5) is 7.97. The second-order valence-electron chi connectivity index (χ2n) is 6.87. The minimum Gasteiger partial charge on any atom is -0.394 e. The molecule has 0 spiro atoms. The summed E-state index contributed by atoms with van der Waals surface area (Å²) in [5.74, 6) is 0. The second kappa shape index (κ2) is 9.85. The van der Waals surface area contributed by atoms with Crippen molar-refractivity contribution in [2.75, 3.05) is 6.61 Å². The van der Waals surface area contributed by atoms with Crippen LogP contribution < -0.4 is 0 Å². The minimum absolute atomic E-state index is 0.267. The van der Waals surface area contributed by atoms with E-state index in [0.717, 1.165) is 18.0 Å². The third kappa shape index (κ3) is 5.27. The number of hydrogen-bond acceptors (Lipinski definition) is 10. The number of aromatic nitrogens is 5. The molecule has 0 aromatic carbocycles. The fraction of sp³-hybridized carbons (Fsp3) is 0.412. The Labute approximate surface area is 209 Å². The molecule has 3 aromatic rings. The van der Waals surface area contributed by atoms with Gasteiger partial charge in [0.2, 0.25) is 0 Å². The molecule has 1 aliphatic heterocycles. The summed E-state index contributed by atoms with van der Waals surface area (Å²) in [6.07, 6.45) is -5.89. The molecule has 4 heterocycles. The van der Waals surface area contributed by atoms with Gasteiger partial charge in [0.15, 0.2) is 5.69 Å². The van der Waals surface area contributed by atoms with Crippen LogP contribution in [0, 0.1) is 0 Å². The van der Waals surface area contributed by atoms with Gasteiger partial charge in [-0.15, -0.1) is 16.4 Å². The highest BCUT2D eigenvalue weighted by atomic mass is 79.9. The van der Waals surface area contributed by atoms with Gasteiger partial charge in [0.25, 0.3) is 0 Å². The van der Waals surface area contributed by atoms with E-state index < -0.39 is 48.3 Å². The van der Waals surface area contributed by atoms with E-state index in [4.69, 9.17) is 4.74 Å². The van der Waals surface area contributed by atoms with Crippen LogP contribution in [0.3, 0.4) is 0 Å². The first-order valence-electron chi connectivity index (χ1n) is 9.13. The number of alkyl halides is 3. The van der Waals surface area contributed by atoms with Crippen LogP contribution in [-0.4, -0.2) is 70.6 Å². The van der Waals surface area contributed by atoms with Gasteiger partial charge in [-0.25, -0.2) is 14.6 Å². The average molecular weight is 633 g/mol. The summed E-state index contributed by atoms with van der Waals surface area (Å²) in [5.41, 5.74) is -1.72. The van der Waals surface area contributed by atoms with Crippen molar-refractivity contribution in [2.45, 2.75) is 40.9 Å². The SMILES string of the molecule is OC[C@H]1O[C@H](Sc2cnc(C(F)(F)F)c(Br)c2)[C@H](O)[C@@H](n2cc(-c3nc(Br)cs3)nn2)[C@H]1O. The van der Waals surface area contributed by atoms with Crippen molar-refractivity contribution in [3.05, 3.63) is 38.6 Å². The van der Waals surface area contributed by atoms with E-state index in [0.29, 0.717) is 15.3 Å². The lowest BCUT2D eigenvalue weighted by atomic mass is 9.97. The number of aliphatic hydroxyl groups excluding tert-OH is 3. The summed E-state index contributed by atoms with van der Waals surface area (Å²) in [6, 6.07) is 0.155. The van der Waals surface area contributed by atoms with E-state index in [1.165, 1.54) is 28.3 Å². The van der Waals surface area contributed by atoms with Gasteiger partial charge in [-0.1, -0.05) is 17.0 Å². The van der Waals surface area contributed by atoms with Crippen molar-refractivity contribution in [1.82, 2.24) is 25.0 Å². The van der Waals surface area contributed by atoms with Gasteiger partial charge in [-0.3, -0.25) is 0 Å². The van der Waals surface area contributed by atoms with E-state index in [9.17, 15) is 28.5 Å². The lowest BCUT2D eigenvalue weighted by Crippen LogP contribution is -2.55. The topological polar surface area (TPSA) is 126 Å². The molecule has 3 N–H and O–H groups in total. The molecule has 4 rings (SSSR count). The summed E-state index contributed by atoms with van der Waals surface area (Å²) in [5, 5.41) is 41.7. The molecule has 1 aliphatic rings. The van der Waals surface area contributed by atoms with Crippen LogP contribution >= 0.6 is 55.0 Å². The zero-order chi connectivity index (χ0) is 23.9. The zero-order valence-corrected chi connectivity index (χ0v) is 20.9. The van der Waals surface area contributed by atoms with Crippen molar-refractivity contribution in [3.8, 4) is 10.7 Å². The molecule has 9 nitrogen and oxygen atoms in total. The predicted octanol–water partition coefficient (Wildman–Crippen LogP) is 3.11. The summed E-state index contributed by atoms with van der Waals surface area (Å²) in [7, 11) is 0. The lowest BCUT2D eigenvalue weighted by Gasteiger charge is -2.41. The molecule has 16 heteroatoms. The van der Waals surface area contributed by atoms with Crippen LogP contribution in [0.15, 0.2) is 37.8 Å². The van der Waals surface area contributed by atoms with Crippen molar-refractivity contribution < 1.29 is 33.2 Å². The van der Waals surface area contributed by atoms with Crippen molar-refractivity contribution in [1.29, 1.82) is 0 Å². The highest BCUT2D eigenvalue weighted by Gasteiger charge is 2.46. The van der Waals surface area contributed by atoms with E-state index in [-0.39, 0.29) is 9.37 Å². The van der Waals surface area contributed by atoms with Crippen molar-refractivity contribution >= 4 is 55.0 Å². The summed E-state index contributed by atoms with van der Waals surface area (Å²) in [6.45, 7) is -0.558. The van der Waals surface area contributed by atoms with Gasteiger partial charge in [0, 0.05) is 20.9 Å². The first kappa shape index (κ1) is 25.0. The van der Waals surface area contributed by atoms with Gasteiger partial charge >= 0.3 is 6.18 Å². The molecule has 1 fully saturated rings. The number of hydrogen-bond donors (Lipinski definition) is 3. The van der Waals surface area contributed by atoms with Gasteiger partial charge in [-0.05, 0) is 37.9 Å². The van der Waals surface area contributed by atoms with Crippen LogP contribution in [0.2, 0.25) is 0 Å². The lowest BCUT2D eigenvalue weighted by molar-refractivity contribution is -0.178. The highest BCUT2D eigenvalue weighted by molar-refractivity contribution is 9.10. The zero-order valence-electron chi connectivity index (χ0n) is 16.1. The number of halogens is 5. The Bertz CT molecular complexity index is 1130. The van der Waals surface area contributed by atoms with Crippen molar-refractivity contribution in [2.24, 2.45) is 0 Å². The fourth-order valence-electron chi connectivity index (χ4n) is 3.20. The van der Waals surface area contributed by atoms with Crippen LogP contribution in [0.1, 0.15) is 11.7 Å². The number of thioether (sulfide) groups is 1. The Morgan fingerprint density at radius 3 is 2.61 bits per heavy atom. The highest BCUT2D eigenvalue weighted by Crippen LogP contribution is 2.40. The standard InChI is InChI=1S/C17H14Br2F3N5O4S2/c18-7-1-6(2-23-14(7)17(20,21)22)33-16-13(30)11(12(29)9(4-28)31-16)27-3-8(25-26-27)15-24-10(19)5-32-15/h1-3,5,9,11-13,16,28-30H,4H2/t9-,11+,12+,13-,16-/m1/s1. The molecule has 3 aromatic heterocycles. The van der Waals surface area contributed by atoms with Gasteiger partial charge < -0.3 is 20.1 Å². The van der Waals surface area contributed by atoms with Crippen LogP contribution in [0.5, 0.6) is 0 Å². The molecule has 0 aliphatic carbocycles. The number of aliphatic hydroxyl groups is 3. The first-order valence-corrected chi connectivity index (χ1v) is 12.5. The largest absolute Gasteiger partial charge is 0.434 e. The molecule has 0 bridgehead atoms. The summed E-state index contributed by atoms with van der Waals surface area (Å²) < 4.78 is 46.1. The number of pyridine rings is 1. The maximum Gasteiger partial charge on any atom is 0.434 e. The third-order valence-electron chi connectivity index (χ3n) is 4.70. The Hall–Kier alpha value is -1.14. The number of rotatable bonds is 5. The van der Waals surface area contributed by atoms with Gasteiger partial charge in [-0.2, -0.15) is 13.2 Å². The van der Waals surface area contributed by atoms with E-state index in [1.807, 2.05) is 0 Å². The molecule has 0 radical (unpaired) electrons. The molecular weight excluding hydrogens is 619 g/mol. The average Bonchev–Trinajstić information content (AvgIpc) is 3.38. The molecule has 0 amide bonds. The molecular formula is C17H14Br2F3N5O4S2. The second-order valence-corrected chi connectivity index (χ2v) is 10.6. The Balaban J connectivity index is 1.59. The van der Waals surface area contributed by atoms with E-state index in [2.05, 4.69) is 52.1 Å². The molecule has 0 unspecified atom stereocenters. The molecule has 33 heavy (non-hydrogen) atoms. The maximum absolute atomic E-state index is 13.0. The maximum atomic E-state index is 13.0. The van der Waals surface area contributed by atoms with Crippen LogP contribution in [0.4, 0.5) is 13.2 Å². The fourth-order valence-corrected chi connectivity index (χ4v) is 6.19. The summed E-state index contributed by atoms with van der Waals surface area (Å²) >= 11 is 8.34. The van der Waals surface area contributed by atoms with E-state index in [1.54, 1.807) is 5.38 Å². The number of ether oxygens (including phenoxy) is 1. The monoisotopic (exact) mass is 631 g/mol. The first-order chi connectivity index (χ1) is 15.6. The minimum atomic E-state index is -4.63.